The van der Waals surface area contributed by atoms with Crippen LogP contribution < -0.4 is 16.0 Å². The maximum absolute atomic E-state index is 13.3. The van der Waals surface area contributed by atoms with Gasteiger partial charge in [0.25, 0.3) is 0 Å². The summed E-state index contributed by atoms with van der Waals surface area (Å²) in [6.45, 7) is 0.133. The highest BCUT2D eigenvalue weighted by atomic mass is 19.1. The van der Waals surface area contributed by atoms with Gasteiger partial charge in [-0.2, -0.15) is 4.98 Å². The van der Waals surface area contributed by atoms with E-state index in [2.05, 4.69) is 10.4 Å². The van der Waals surface area contributed by atoms with Crippen molar-refractivity contribution in [3.05, 3.63) is 53.8 Å². The van der Waals surface area contributed by atoms with Crippen molar-refractivity contribution >= 4 is 5.82 Å². The molecule has 0 bridgehead atoms. The highest BCUT2D eigenvalue weighted by molar-refractivity contribution is 5.35. The summed E-state index contributed by atoms with van der Waals surface area (Å²) < 4.78 is 18.7. The summed E-state index contributed by atoms with van der Waals surface area (Å²) in [5, 5.41) is 0. The van der Waals surface area contributed by atoms with Gasteiger partial charge < -0.3 is 10.2 Å². The number of anilines is 1. The van der Waals surface area contributed by atoms with E-state index in [0.717, 1.165) is 0 Å². The second kappa shape index (κ2) is 5.27. The molecule has 0 saturated carbocycles. The molecular weight excluding hydrogens is 221 g/mol. The van der Waals surface area contributed by atoms with Gasteiger partial charge in [-0.3, -0.25) is 0 Å². The molecule has 1 aromatic carbocycles. The zero-order valence-corrected chi connectivity index (χ0v) is 9.06. The van der Waals surface area contributed by atoms with E-state index in [1.807, 2.05) is 0 Å². The van der Waals surface area contributed by atoms with Gasteiger partial charge in [0.2, 0.25) is 5.88 Å². The summed E-state index contributed by atoms with van der Waals surface area (Å²) in [6.07, 6.45) is 0. The van der Waals surface area contributed by atoms with Gasteiger partial charge in [-0.1, -0.05) is 24.3 Å². The molecule has 2 rings (SSSR count). The highest BCUT2D eigenvalue weighted by Gasteiger charge is 2.02. The Hall–Kier alpha value is -2.14. The van der Waals surface area contributed by atoms with Crippen LogP contribution in [0.4, 0.5) is 10.2 Å². The number of hydrazine groups is 1. The first-order valence-electron chi connectivity index (χ1n) is 5.09. The maximum atomic E-state index is 13.3. The lowest BCUT2D eigenvalue weighted by Gasteiger charge is -2.07. The zero-order valence-electron chi connectivity index (χ0n) is 9.06. The fourth-order valence-electron chi connectivity index (χ4n) is 1.34. The minimum absolute atomic E-state index is 0.133. The average Bonchev–Trinajstić information content (AvgIpc) is 2.38. The van der Waals surface area contributed by atoms with E-state index in [4.69, 9.17) is 10.6 Å². The highest BCUT2D eigenvalue weighted by Crippen LogP contribution is 2.14. The zero-order chi connectivity index (χ0) is 12.1. The van der Waals surface area contributed by atoms with Crippen LogP contribution in [0, 0.1) is 5.82 Å². The number of hydrogen-bond acceptors (Lipinski definition) is 4. The molecule has 1 aromatic heterocycles. The maximum Gasteiger partial charge on any atom is 0.215 e. The molecule has 2 aromatic rings. The Morgan fingerprint density at radius 3 is 2.76 bits per heavy atom. The van der Waals surface area contributed by atoms with Crippen LogP contribution in [-0.4, -0.2) is 4.98 Å². The lowest BCUT2D eigenvalue weighted by atomic mass is 10.2. The van der Waals surface area contributed by atoms with E-state index < -0.39 is 0 Å². The Morgan fingerprint density at radius 2 is 2.00 bits per heavy atom. The standard InChI is InChI=1S/C12H12FN3O/c13-10-5-2-1-4-9(10)8-17-12-7-3-6-11(15-12)16-14/h1-7H,8,14H2,(H,15,16). The van der Waals surface area contributed by atoms with Gasteiger partial charge >= 0.3 is 0 Å². The third-order valence-corrected chi connectivity index (χ3v) is 2.20. The first-order chi connectivity index (χ1) is 8.29. The van der Waals surface area contributed by atoms with Crippen LogP contribution in [0.25, 0.3) is 0 Å². The largest absolute Gasteiger partial charge is 0.473 e. The predicted octanol–water partition coefficient (Wildman–Crippen LogP) is 2.09. The minimum atomic E-state index is -0.291. The Bertz CT molecular complexity index is 505. The van der Waals surface area contributed by atoms with E-state index >= 15 is 0 Å². The van der Waals surface area contributed by atoms with Gasteiger partial charge in [0.1, 0.15) is 18.2 Å². The van der Waals surface area contributed by atoms with Crippen LogP contribution in [0.15, 0.2) is 42.5 Å². The second-order valence-corrected chi connectivity index (χ2v) is 3.39. The van der Waals surface area contributed by atoms with Gasteiger partial charge in [-0.15, -0.1) is 0 Å². The number of pyridine rings is 1. The van der Waals surface area contributed by atoms with Crippen molar-refractivity contribution in [2.45, 2.75) is 6.61 Å². The summed E-state index contributed by atoms with van der Waals surface area (Å²) in [6, 6.07) is 11.6. The van der Waals surface area contributed by atoms with E-state index in [-0.39, 0.29) is 12.4 Å². The van der Waals surface area contributed by atoms with Crippen molar-refractivity contribution < 1.29 is 9.13 Å². The number of nitrogen functional groups attached to an aromatic ring is 1. The van der Waals surface area contributed by atoms with Crippen LogP contribution in [0.5, 0.6) is 5.88 Å². The van der Waals surface area contributed by atoms with Gasteiger partial charge in [-0.05, 0) is 12.1 Å². The Balaban J connectivity index is 2.05. The summed E-state index contributed by atoms with van der Waals surface area (Å²) in [4.78, 5) is 4.06. The molecule has 88 valence electrons. The smallest absolute Gasteiger partial charge is 0.215 e. The number of nitrogens with one attached hydrogen (secondary N) is 1. The lowest BCUT2D eigenvalue weighted by molar-refractivity contribution is 0.288. The van der Waals surface area contributed by atoms with Crippen LogP contribution in [0.1, 0.15) is 5.56 Å². The normalized spacial score (nSPS) is 10.0. The van der Waals surface area contributed by atoms with E-state index in [9.17, 15) is 4.39 Å². The van der Waals surface area contributed by atoms with E-state index in [1.54, 1.807) is 36.4 Å². The molecule has 1 heterocycles. The SMILES string of the molecule is NNc1cccc(OCc2ccccc2F)n1. The van der Waals surface area contributed by atoms with Gasteiger partial charge in [0.05, 0.1) is 0 Å². The van der Waals surface area contributed by atoms with Gasteiger partial charge in [0.15, 0.2) is 0 Å². The molecule has 0 radical (unpaired) electrons. The number of halogens is 1. The average molecular weight is 233 g/mol. The summed E-state index contributed by atoms with van der Waals surface area (Å²) in [7, 11) is 0. The molecule has 0 fully saturated rings. The Morgan fingerprint density at radius 1 is 1.18 bits per heavy atom. The monoisotopic (exact) mass is 233 g/mol. The Labute approximate surface area is 98.2 Å². The topological polar surface area (TPSA) is 60.2 Å². The van der Waals surface area contributed by atoms with Gasteiger partial charge in [0, 0.05) is 11.6 Å². The van der Waals surface area contributed by atoms with Crippen LogP contribution >= 0.6 is 0 Å². The fourth-order valence-corrected chi connectivity index (χ4v) is 1.34. The molecule has 0 aliphatic carbocycles. The number of rotatable bonds is 4. The van der Waals surface area contributed by atoms with Crippen molar-refractivity contribution in [1.29, 1.82) is 0 Å². The first kappa shape index (κ1) is 11.3. The second-order valence-electron chi connectivity index (χ2n) is 3.39. The van der Waals surface area contributed by atoms with Crippen molar-refractivity contribution in [1.82, 2.24) is 4.98 Å². The predicted molar refractivity (Wildman–Crippen MR) is 62.8 cm³/mol. The lowest BCUT2D eigenvalue weighted by Crippen LogP contribution is -2.09. The van der Waals surface area contributed by atoms with E-state index in [0.29, 0.717) is 17.3 Å². The number of ether oxygens (including phenoxy) is 1. The fraction of sp³-hybridized carbons (Fsp3) is 0.0833. The molecule has 0 aliphatic rings. The molecule has 0 amide bonds. The minimum Gasteiger partial charge on any atom is -0.473 e. The van der Waals surface area contributed by atoms with Crippen molar-refractivity contribution in [2.24, 2.45) is 5.84 Å². The van der Waals surface area contributed by atoms with Crippen molar-refractivity contribution in [3.8, 4) is 5.88 Å². The third kappa shape index (κ3) is 2.92. The third-order valence-electron chi connectivity index (χ3n) is 2.20. The molecule has 0 spiro atoms. The molecular formula is C12H12FN3O. The number of benzene rings is 1. The quantitative estimate of drug-likeness (QED) is 0.627. The van der Waals surface area contributed by atoms with Crippen LogP contribution in [-0.2, 0) is 6.61 Å². The molecule has 0 unspecified atom stereocenters. The molecule has 5 heteroatoms. The number of nitrogens with two attached hydrogens (primary N) is 1. The summed E-state index contributed by atoms with van der Waals surface area (Å²) in [5.41, 5.74) is 2.90. The molecule has 0 aliphatic heterocycles. The summed E-state index contributed by atoms with van der Waals surface area (Å²) in [5.74, 6) is 5.82. The molecule has 4 nitrogen and oxygen atoms in total. The number of nitrogens with zero attached hydrogens (tertiary/aromatic N) is 1. The van der Waals surface area contributed by atoms with Crippen LogP contribution in [0.3, 0.4) is 0 Å². The van der Waals surface area contributed by atoms with Crippen molar-refractivity contribution in [3.63, 3.8) is 0 Å². The van der Waals surface area contributed by atoms with Crippen molar-refractivity contribution in [2.75, 3.05) is 5.43 Å². The van der Waals surface area contributed by atoms with Gasteiger partial charge in [-0.25, -0.2) is 10.2 Å². The number of aromatic nitrogens is 1. The molecule has 3 N–H and O–H groups in total. The molecule has 0 saturated heterocycles. The molecule has 0 atom stereocenters. The molecule has 17 heavy (non-hydrogen) atoms. The summed E-state index contributed by atoms with van der Waals surface area (Å²) >= 11 is 0. The number of hydrogen-bond donors (Lipinski definition) is 2. The first-order valence-corrected chi connectivity index (χ1v) is 5.09. The Kier molecular flexibility index (Phi) is 3.52. The van der Waals surface area contributed by atoms with Crippen LogP contribution in [0.2, 0.25) is 0 Å². The van der Waals surface area contributed by atoms with E-state index in [1.165, 1.54) is 6.07 Å².